The van der Waals surface area contributed by atoms with Gasteiger partial charge in [0.2, 0.25) is 11.8 Å². The highest BCUT2D eigenvalue weighted by molar-refractivity contribution is 5.81. The predicted octanol–water partition coefficient (Wildman–Crippen LogP) is 1.85. The monoisotopic (exact) mass is 317 g/mol. The molecule has 1 fully saturated rings. The maximum atomic E-state index is 12.2. The normalized spacial score (nSPS) is 15.3. The summed E-state index contributed by atoms with van der Waals surface area (Å²) in [7, 11) is 1.80. The van der Waals surface area contributed by atoms with E-state index >= 15 is 0 Å². The zero-order chi connectivity index (χ0) is 16.7. The molecule has 5 heteroatoms. The van der Waals surface area contributed by atoms with Crippen LogP contribution in [-0.2, 0) is 9.59 Å². The Labute approximate surface area is 138 Å². The molecule has 0 unspecified atom stereocenters. The molecule has 1 aromatic rings. The van der Waals surface area contributed by atoms with E-state index in [2.05, 4.69) is 17.6 Å². The molecule has 2 amide bonds. The predicted molar refractivity (Wildman–Crippen MR) is 90.9 cm³/mol. The third kappa shape index (κ3) is 6.40. The summed E-state index contributed by atoms with van der Waals surface area (Å²) in [5.41, 5.74) is 1.12. The van der Waals surface area contributed by atoms with Crippen LogP contribution >= 0.6 is 0 Å². The maximum Gasteiger partial charge on any atom is 0.234 e. The van der Waals surface area contributed by atoms with Crippen LogP contribution in [0.25, 0.3) is 0 Å². The van der Waals surface area contributed by atoms with Crippen molar-refractivity contribution in [3.8, 4) is 0 Å². The number of carbonyl (C=O) groups is 2. The van der Waals surface area contributed by atoms with Gasteiger partial charge in [-0.2, -0.15) is 0 Å². The molecule has 0 radical (unpaired) electrons. The van der Waals surface area contributed by atoms with Crippen molar-refractivity contribution in [1.29, 1.82) is 0 Å². The summed E-state index contributed by atoms with van der Waals surface area (Å²) in [5.74, 6) is -0.0509. The molecule has 2 N–H and O–H groups in total. The first-order valence-corrected chi connectivity index (χ1v) is 8.40. The molecule has 126 valence electrons. The first kappa shape index (κ1) is 17.5. The van der Waals surface area contributed by atoms with Crippen LogP contribution in [0.1, 0.15) is 44.2 Å². The summed E-state index contributed by atoms with van der Waals surface area (Å²) < 4.78 is 0. The molecule has 0 saturated heterocycles. The highest BCUT2D eigenvalue weighted by atomic mass is 16.2. The van der Waals surface area contributed by atoms with Gasteiger partial charge >= 0.3 is 0 Å². The van der Waals surface area contributed by atoms with Crippen LogP contribution in [0.4, 0.5) is 0 Å². The van der Waals surface area contributed by atoms with E-state index < -0.39 is 0 Å². The fraction of sp³-hybridized carbons (Fsp3) is 0.556. The number of likely N-dealkylation sites (N-methyl/N-ethyl adjacent to an activating group) is 1. The fourth-order valence-electron chi connectivity index (χ4n) is 2.58. The highest BCUT2D eigenvalue weighted by Crippen LogP contribution is 2.19. The van der Waals surface area contributed by atoms with Crippen LogP contribution in [0.15, 0.2) is 30.3 Å². The quantitative estimate of drug-likeness (QED) is 0.731. The van der Waals surface area contributed by atoms with Gasteiger partial charge < -0.3 is 10.6 Å². The smallest absolute Gasteiger partial charge is 0.234 e. The van der Waals surface area contributed by atoms with Crippen molar-refractivity contribution in [3.63, 3.8) is 0 Å². The van der Waals surface area contributed by atoms with Gasteiger partial charge in [-0.1, -0.05) is 43.7 Å². The lowest BCUT2D eigenvalue weighted by Crippen LogP contribution is -2.42. The number of nitrogens with one attached hydrogen (secondary N) is 2. The van der Waals surface area contributed by atoms with Crippen molar-refractivity contribution >= 4 is 11.8 Å². The van der Waals surface area contributed by atoms with Gasteiger partial charge in [-0.25, -0.2) is 0 Å². The van der Waals surface area contributed by atoms with Crippen molar-refractivity contribution < 1.29 is 9.59 Å². The Morgan fingerprint density at radius 3 is 2.43 bits per heavy atom. The first-order chi connectivity index (χ1) is 11.1. The molecule has 0 aromatic heterocycles. The Kier molecular flexibility index (Phi) is 6.59. The van der Waals surface area contributed by atoms with Gasteiger partial charge in [-0.15, -0.1) is 0 Å². The van der Waals surface area contributed by atoms with Crippen LogP contribution in [-0.4, -0.2) is 42.9 Å². The number of hydrogen-bond donors (Lipinski definition) is 2. The molecule has 1 aliphatic rings. The van der Waals surface area contributed by atoms with E-state index in [4.69, 9.17) is 0 Å². The Morgan fingerprint density at radius 1 is 1.17 bits per heavy atom. The average molecular weight is 317 g/mol. The topological polar surface area (TPSA) is 61.4 Å². The number of amides is 2. The summed E-state index contributed by atoms with van der Waals surface area (Å²) in [6.45, 7) is 2.59. The lowest BCUT2D eigenvalue weighted by molar-refractivity contribution is -0.125. The van der Waals surface area contributed by atoms with Crippen molar-refractivity contribution in [1.82, 2.24) is 15.5 Å². The molecule has 0 bridgehead atoms. The summed E-state index contributed by atoms with van der Waals surface area (Å²) in [5, 5.41) is 6.01. The summed E-state index contributed by atoms with van der Waals surface area (Å²) in [6, 6.07) is 10.4. The van der Waals surface area contributed by atoms with E-state index in [9.17, 15) is 9.59 Å². The Morgan fingerprint density at radius 2 is 1.83 bits per heavy atom. The number of nitrogens with zero attached hydrogens (tertiary/aromatic N) is 1. The van der Waals surface area contributed by atoms with Crippen LogP contribution in [0.5, 0.6) is 0 Å². The minimum atomic E-state index is -0.0472. The molecule has 2 rings (SSSR count). The van der Waals surface area contributed by atoms with Gasteiger partial charge in [0.25, 0.3) is 0 Å². The summed E-state index contributed by atoms with van der Waals surface area (Å²) in [6.07, 6.45) is 4.05. The van der Waals surface area contributed by atoms with E-state index in [-0.39, 0.29) is 30.9 Å². The van der Waals surface area contributed by atoms with E-state index in [0.29, 0.717) is 6.04 Å². The Bertz CT molecular complexity index is 514. The maximum absolute atomic E-state index is 12.2. The Balaban J connectivity index is 1.79. The number of hydrogen-bond acceptors (Lipinski definition) is 3. The van der Waals surface area contributed by atoms with E-state index in [0.717, 1.165) is 31.2 Å². The molecule has 1 atom stereocenters. The lowest BCUT2D eigenvalue weighted by atomic mass is 10.0. The van der Waals surface area contributed by atoms with Gasteiger partial charge in [-0.05, 0) is 31.9 Å². The van der Waals surface area contributed by atoms with E-state index in [1.165, 1.54) is 0 Å². The second-order valence-electron chi connectivity index (χ2n) is 6.33. The van der Waals surface area contributed by atoms with Crippen molar-refractivity contribution in [2.45, 2.75) is 44.7 Å². The molecule has 0 aliphatic heterocycles. The van der Waals surface area contributed by atoms with Gasteiger partial charge in [0.05, 0.1) is 19.1 Å². The summed E-state index contributed by atoms with van der Waals surface area (Å²) in [4.78, 5) is 25.7. The minimum absolute atomic E-state index is 0.00373. The largest absolute Gasteiger partial charge is 0.352 e. The van der Waals surface area contributed by atoms with Crippen LogP contribution in [0, 0.1) is 0 Å². The third-order valence-electron chi connectivity index (χ3n) is 3.88. The molecular formula is C18H27N3O2. The highest BCUT2D eigenvalue weighted by Gasteiger charge is 2.24. The SMILES string of the molecule is CCC[C@@H](NC(=O)CN(C)CC(=O)NC1CC1)c1ccccc1. The second kappa shape index (κ2) is 8.67. The van der Waals surface area contributed by atoms with Crippen molar-refractivity contribution in [3.05, 3.63) is 35.9 Å². The molecular weight excluding hydrogens is 290 g/mol. The molecule has 0 heterocycles. The Hall–Kier alpha value is -1.88. The minimum Gasteiger partial charge on any atom is -0.352 e. The molecule has 1 aliphatic carbocycles. The standard InChI is InChI=1S/C18H27N3O2/c1-3-7-16(14-8-5-4-6-9-14)20-18(23)13-21(2)12-17(22)19-15-10-11-15/h4-6,8-9,15-16H,3,7,10-13H2,1-2H3,(H,19,22)(H,20,23)/t16-/m1/s1. The molecule has 1 saturated carbocycles. The lowest BCUT2D eigenvalue weighted by Gasteiger charge is -2.21. The van der Waals surface area contributed by atoms with E-state index in [1.54, 1.807) is 11.9 Å². The fourth-order valence-corrected chi connectivity index (χ4v) is 2.58. The van der Waals surface area contributed by atoms with Gasteiger partial charge in [-0.3, -0.25) is 14.5 Å². The van der Waals surface area contributed by atoms with Gasteiger partial charge in [0.1, 0.15) is 0 Å². The van der Waals surface area contributed by atoms with Crippen LogP contribution < -0.4 is 10.6 Å². The second-order valence-corrected chi connectivity index (χ2v) is 6.33. The van der Waals surface area contributed by atoms with Crippen LogP contribution in [0.2, 0.25) is 0 Å². The summed E-state index contributed by atoms with van der Waals surface area (Å²) >= 11 is 0. The van der Waals surface area contributed by atoms with E-state index in [1.807, 2.05) is 30.3 Å². The number of carbonyl (C=O) groups excluding carboxylic acids is 2. The third-order valence-corrected chi connectivity index (χ3v) is 3.88. The zero-order valence-corrected chi connectivity index (χ0v) is 14.0. The van der Waals surface area contributed by atoms with Crippen LogP contribution in [0.3, 0.4) is 0 Å². The zero-order valence-electron chi connectivity index (χ0n) is 14.0. The molecule has 1 aromatic carbocycles. The molecule has 23 heavy (non-hydrogen) atoms. The van der Waals surface area contributed by atoms with Gasteiger partial charge in [0.15, 0.2) is 0 Å². The average Bonchev–Trinajstić information content (AvgIpc) is 3.31. The first-order valence-electron chi connectivity index (χ1n) is 8.40. The number of benzene rings is 1. The molecule has 5 nitrogen and oxygen atoms in total. The number of rotatable bonds is 9. The van der Waals surface area contributed by atoms with Crippen molar-refractivity contribution in [2.75, 3.05) is 20.1 Å². The molecule has 0 spiro atoms. The van der Waals surface area contributed by atoms with Crippen molar-refractivity contribution in [2.24, 2.45) is 0 Å². The van der Waals surface area contributed by atoms with Gasteiger partial charge in [0, 0.05) is 6.04 Å².